The van der Waals surface area contributed by atoms with Gasteiger partial charge in [-0.1, -0.05) is 18.2 Å². The summed E-state index contributed by atoms with van der Waals surface area (Å²) in [6.45, 7) is 1.65. The highest BCUT2D eigenvalue weighted by molar-refractivity contribution is 7.90. The molecule has 2 aromatic heterocycles. The van der Waals surface area contributed by atoms with Gasteiger partial charge in [-0.15, -0.1) is 8.78 Å². The number of halogens is 2. The van der Waals surface area contributed by atoms with Gasteiger partial charge in [0.15, 0.2) is 38.7 Å². The third kappa shape index (κ3) is 4.56. The minimum Gasteiger partial charge on any atom is -0.440 e. The Kier molecular flexibility index (Phi) is 5.70. The molecule has 200 valence electrons. The standard InChI is InChI=1S/C28H18F2N4O5S/c1-16-32-26(19-7-9-24-25(14-19)39-28(29,30)38-24)27(37-16)22-13-18(17-4-3-5-21(12-17)40(2,35)36)6-8-23(22)34-11-10-20(15-31)33-34/h3-14H,1-2H3. The van der Waals surface area contributed by atoms with Crippen molar-refractivity contribution in [2.24, 2.45) is 0 Å². The molecule has 5 aromatic rings. The van der Waals surface area contributed by atoms with Crippen molar-refractivity contribution in [1.29, 1.82) is 5.26 Å². The molecule has 3 aromatic carbocycles. The van der Waals surface area contributed by atoms with E-state index in [1.807, 2.05) is 6.07 Å². The first kappa shape index (κ1) is 25.3. The van der Waals surface area contributed by atoms with Crippen LogP contribution in [-0.4, -0.2) is 35.7 Å². The van der Waals surface area contributed by atoms with E-state index in [0.717, 1.165) is 6.26 Å². The van der Waals surface area contributed by atoms with E-state index >= 15 is 0 Å². The molecule has 0 saturated heterocycles. The number of rotatable bonds is 5. The Hall–Kier alpha value is -5.02. The van der Waals surface area contributed by atoms with Gasteiger partial charge in [0, 0.05) is 30.5 Å². The summed E-state index contributed by atoms with van der Waals surface area (Å²) in [5.74, 6) is 0.353. The second kappa shape index (κ2) is 9.03. The fourth-order valence-electron chi connectivity index (χ4n) is 4.42. The number of benzene rings is 3. The Morgan fingerprint density at radius 2 is 1.70 bits per heavy atom. The van der Waals surface area contributed by atoms with Crippen LogP contribution in [-0.2, 0) is 9.84 Å². The molecule has 6 rings (SSSR count). The Bertz CT molecular complexity index is 1960. The van der Waals surface area contributed by atoms with Crippen molar-refractivity contribution in [3.05, 3.63) is 84.5 Å². The van der Waals surface area contributed by atoms with Crippen molar-refractivity contribution in [3.8, 4) is 57.0 Å². The van der Waals surface area contributed by atoms with Crippen molar-refractivity contribution in [1.82, 2.24) is 14.8 Å². The number of aryl methyl sites for hydroxylation is 1. The average Bonchev–Trinajstić information content (AvgIpc) is 3.63. The first-order valence-electron chi connectivity index (χ1n) is 11.8. The van der Waals surface area contributed by atoms with E-state index < -0.39 is 16.1 Å². The summed E-state index contributed by atoms with van der Waals surface area (Å²) in [5, 5.41) is 13.6. The molecular weight excluding hydrogens is 542 g/mol. The highest BCUT2D eigenvalue weighted by atomic mass is 32.2. The lowest BCUT2D eigenvalue weighted by Crippen LogP contribution is -2.25. The molecule has 0 unspecified atom stereocenters. The number of oxazole rings is 1. The summed E-state index contributed by atoms with van der Waals surface area (Å²) in [6.07, 6.45) is -1.02. The van der Waals surface area contributed by atoms with Crippen molar-refractivity contribution < 1.29 is 31.1 Å². The predicted molar refractivity (Wildman–Crippen MR) is 139 cm³/mol. The molecule has 9 nitrogen and oxygen atoms in total. The lowest BCUT2D eigenvalue weighted by atomic mass is 9.98. The smallest absolute Gasteiger partial charge is 0.440 e. The first-order valence-corrected chi connectivity index (χ1v) is 13.7. The summed E-state index contributed by atoms with van der Waals surface area (Å²) >= 11 is 0. The third-order valence-corrected chi connectivity index (χ3v) is 7.31. The van der Waals surface area contributed by atoms with Gasteiger partial charge in [-0.05, 0) is 59.7 Å². The van der Waals surface area contributed by atoms with E-state index in [2.05, 4.69) is 19.6 Å². The van der Waals surface area contributed by atoms with Crippen LogP contribution in [0.3, 0.4) is 0 Å². The summed E-state index contributed by atoms with van der Waals surface area (Å²) in [4.78, 5) is 4.67. The molecule has 12 heteroatoms. The van der Waals surface area contributed by atoms with Crippen LogP contribution in [0.5, 0.6) is 11.5 Å². The predicted octanol–water partition coefficient (Wildman–Crippen LogP) is 5.77. The van der Waals surface area contributed by atoms with Crippen LogP contribution in [0.25, 0.3) is 39.4 Å². The van der Waals surface area contributed by atoms with Crippen LogP contribution in [0.2, 0.25) is 0 Å². The van der Waals surface area contributed by atoms with E-state index in [-0.39, 0.29) is 22.1 Å². The van der Waals surface area contributed by atoms with E-state index in [1.54, 1.807) is 61.7 Å². The number of ether oxygens (including phenoxy) is 2. The zero-order valence-corrected chi connectivity index (χ0v) is 21.7. The van der Waals surface area contributed by atoms with Crippen LogP contribution in [0.15, 0.2) is 82.2 Å². The lowest BCUT2D eigenvalue weighted by molar-refractivity contribution is -0.286. The normalized spacial score (nSPS) is 13.8. The minimum atomic E-state index is -3.77. The van der Waals surface area contributed by atoms with E-state index in [4.69, 9.17) is 4.42 Å². The number of sulfone groups is 1. The summed E-state index contributed by atoms with van der Waals surface area (Å²) < 4.78 is 68.3. The zero-order chi connectivity index (χ0) is 28.2. The van der Waals surface area contributed by atoms with Crippen molar-refractivity contribution in [2.45, 2.75) is 18.1 Å². The van der Waals surface area contributed by atoms with Crippen LogP contribution in [0.1, 0.15) is 11.6 Å². The van der Waals surface area contributed by atoms with Crippen LogP contribution in [0.4, 0.5) is 8.78 Å². The topological polar surface area (TPSA) is 120 Å². The van der Waals surface area contributed by atoms with E-state index in [1.165, 1.54) is 22.9 Å². The molecule has 3 heterocycles. The van der Waals surface area contributed by atoms with Crippen LogP contribution < -0.4 is 9.47 Å². The molecule has 0 saturated carbocycles. The van der Waals surface area contributed by atoms with Gasteiger partial charge in [0.1, 0.15) is 11.8 Å². The molecule has 0 atom stereocenters. The molecule has 0 N–H and O–H groups in total. The second-order valence-corrected chi connectivity index (χ2v) is 11.0. The van der Waals surface area contributed by atoms with Crippen LogP contribution in [0, 0.1) is 18.3 Å². The van der Waals surface area contributed by atoms with E-state index in [9.17, 15) is 22.5 Å². The summed E-state index contributed by atoms with van der Waals surface area (Å²) in [5.41, 5.74) is 3.32. The maximum atomic E-state index is 13.7. The number of nitrogens with zero attached hydrogens (tertiary/aromatic N) is 4. The van der Waals surface area contributed by atoms with Gasteiger partial charge in [-0.25, -0.2) is 18.1 Å². The molecule has 0 radical (unpaired) electrons. The van der Waals surface area contributed by atoms with Crippen molar-refractivity contribution in [3.63, 3.8) is 0 Å². The Morgan fingerprint density at radius 1 is 0.950 bits per heavy atom. The highest BCUT2D eigenvalue weighted by Gasteiger charge is 2.43. The number of hydrogen-bond acceptors (Lipinski definition) is 8. The molecule has 0 aliphatic carbocycles. The summed E-state index contributed by atoms with van der Waals surface area (Å²) in [6, 6.07) is 19.7. The van der Waals surface area contributed by atoms with Gasteiger partial charge in [-0.2, -0.15) is 10.4 Å². The number of aromatic nitrogens is 3. The molecule has 0 bridgehead atoms. The highest BCUT2D eigenvalue weighted by Crippen LogP contribution is 2.45. The van der Waals surface area contributed by atoms with Gasteiger partial charge in [0.2, 0.25) is 0 Å². The third-order valence-electron chi connectivity index (χ3n) is 6.20. The Morgan fingerprint density at radius 3 is 2.45 bits per heavy atom. The average molecular weight is 561 g/mol. The lowest BCUT2D eigenvalue weighted by Gasteiger charge is -2.13. The second-order valence-electron chi connectivity index (χ2n) is 9.03. The monoisotopic (exact) mass is 560 g/mol. The molecule has 1 aliphatic rings. The fourth-order valence-corrected chi connectivity index (χ4v) is 5.09. The molecule has 0 amide bonds. The van der Waals surface area contributed by atoms with Crippen molar-refractivity contribution >= 4 is 9.84 Å². The van der Waals surface area contributed by atoms with E-state index in [0.29, 0.717) is 45.3 Å². The zero-order valence-electron chi connectivity index (χ0n) is 20.9. The van der Waals surface area contributed by atoms with Gasteiger partial charge in [0.05, 0.1) is 10.6 Å². The maximum absolute atomic E-state index is 13.7. The first-order chi connectivity index (χ1) is 19.0. The molecule has 0 fully saturated rings. The molecule has 1 aliphatic heterocycles. The Balaban J connectivity index is 1.55. The number of alkyl halides is 2. The molecule has 40 heavy (non-hydrogen) atoms. The fraction of sp³-hybridized carbons (Fsp3) is 0.107. The molecule has 0 spiro atoms. The van der Waals surface area contributed by atoms with Gasteiger partial charge in [0.25, 0.3) is 0 Å². The quantitative estimate of drug-likeness (QED) is 0.266. The molecular formula is C28H18F2N4O5S. The maximum Gasteiger partial charge on any atom is 0.586 e. The van der Waals surface area contributed by atoms with Gasteiger partial charge in [-0.3, -0.25) is 0 Å². The number of fused-ring (bicyclic) bond motifs is 1. The summed E-state index contributed by atoms with van der Waals surface area (Å²) in [7, 11) is -3.45. The SMILES string of the molecule is Cc1nc(-c2ccc3c(c2)OC(F)(F)O3)c(-c2cc(-c3cccc(S(C)(=O)=O)c3)ccc2-n2ccc(C#N)n2)o1. The Labute approximate surface area is 226 Å². The van der Waals surface area contributed by atoms with Gasteiger partial charge < -0.3 is 13.9 Å². The number of hydrogen-bond donors (Lipinski definition) is 0. The largest absolute Gasteiger partial charge is 0.586 e. The van der Waals surface area contributed by atoms with Crippen molar-refractivity contribution in [2.75, 3.05) is 6.26 Å². The minimum absolute atomic E-state index is 0.107. The number of nitriles is 1. The van der Waals surface area contributed by atoms with Gasteiger partial charge >= 0.3 is 6.29 Å². The van der Waals surface area contributed by atoms with Crippen LogP contribution >= 0.6 is 0 Å².